The van der Waals surface area contributed by atoms with Crippen molar-refractivity contribution in [2.45, 2.75) is 258 Å². The molecule has 0 aliphatic heterocycles. The van der Waals surface area contributed by atoms with Gasteiger partial charge in [-0.25, -0.2) is 0 Å². The van der Waals surface area contributed by atoms with Crippen molar-refractivity contribution in [2.75, 3.05) is 20.6 Å². The first kappa shape index (κ1) is 46.4. The molecular weight excluding hydrogens is 574 g/mol. The first-order valence-corrected chi connectivity index (χ1v) is 21.8. The second kappa shape index (κ2) is 36.7. The average molecular weight is 664 g/mol. The van der Waals surface area contributed by atoms with Gasteiger partial charge in [0.1, 0.15) is 5.60 Å². The van der Waals surface area contributed by atoms with Crippen molar-refractivity contribution in [1.29, 1.82) is 0 Å². The number of carbonyl (C=O) groups is 1. The molecule has 0 unspecified atom stereocenters. The topological polar surface area (TPSA) is 29.5 Å². The number of hydrogen-bond donors (Lipinski definition) is 0. The Kier molecular flexibility index (Phi) is 36.3. The molecule has 0 heterocycles. The lowest BCUT2D eigenvalue weighted by molar-refractivity contribution is -0.160. The predicted octanol–water partition coefficient (Wildman–Crippen LogP) is 14.9. The van der Waals surface area contributed by atoms with Crippen LogP contribution in [-0.2, 0) is 9.53 Å². The highest BCUT2D eigenvalue weighted by Gasteiger charge is 2.27. The Morgan fingerprint density at radius 2 is 0.681 bits per heavy atom. The normalized spacial score (nSPS) is 12.0. The molecule has 0 bridgehead atoms. The summed E-state index contributed by atoms with van der Waals surface area (Å²) in [5.74, 6) is 0.0161. The second-order valence-corrected chi connectivity index (χ2v) is 15.9. The number of hydrogen-bond acceptors (Lipinski definition) is 3. The summed E-state index contributed by atoms with van der Waals surface area (Å²) in [6.45, 7) is 7.78. The number of carbonyl (C=O) groups excluding carboxylic acids is 1. The molecule has 0 aliphatic carbocycles. The zero-order valence-corrected chi connectivity index (χ0v) is 33.4. The van der Waals surface area contributed by atoms with E-state index in [-0.39, 0.29) is 11.6 Å². The predicted molar refractivity (Wildman–Crippen MR) is 211 cm³/mol. The third-order valence-electron chi connectivity index (χ3n) is 10.5. The number of rotatable bonds is 39. The highest BCUT2D eigenvalue weighted by molar-refractivity contribution is 5.69. The van der Waals surface area contributed by atoms with E-state index < -0.39 is 0 Å². The van der Waals surface area contributed by atoms with E-state index in [0.717, 1.165) is 25.8 Å². The molecule has 3 heteroatoms. The maximum absolute atomic E-state index is 12.7. The van der Waals surface area contributed by atoms with Crippen LogP contribution in [0.3, 0.4) is 0 Å². The molecule has 3 nitrogen and oxygen atoms in total. The van der Waals surface area contributed by atoms with E-state index in [9.17, 15) is 4.79 Å². The molecule has 0 spiro atoms. The maximum Gasteiger partial charge on any atom is 0.306 e. The van der Waals surface area contributed by atoms with Gasteiger partial charge in [-0.2, -0.15) is 0 Å². The van der Waals surface area contributed by atoms with Crippen LogP contribution >= 0.6 is 0 Å². The number of esters is 1. The maximum atomic E-state index is 12.7. The first-order valence-electron chi connectivity index (χ1n) is 21.8. The molecule has 0 rings (SSSR count). The van der Waals surface area contributed by atoms with Gasteiger partial charge in [-0.15, -0.1) is 0 Å². The molecular formula is C44H89NO2. The smallest absolute Gasteiger partial charge is 0.306 e. The summed E-state index contributed by atoms with van der Waals surface area (Å²) >= 11 is 0. The number of unbranched alkanes of at least 4 members (excludes halogenated alkanes) is 30. The summed E-state index contributed by atoms with van der Waals surface area (Å²) in [6, 6.07) is 0. The van der Waals surface area contributed by atoms with Crippen LogP contribution in [0.2, 0.25) is 0 Å². The molecule has 0 saturated heterocycles. The average Bonchev–Trinajstić information content (AvgIpc) is 3.04. The van der Waals surface area contributed by atoms with Crippen LogP contribution in [-0.4, -0.2) is 37.1 Å². The quantitative estimate of drug-likeness (QED) is 0.0484. The monoisotopic (exact) mass is 664 g/mol. The van der Waals surface area contributed by atoms with Crippen molar-refractivity contribution in [3.63, 3.8) is 0 Å². The standard InChI is InChI=1S/C44H89NO2/c1-6-8-10-12-14-16-18-20-22-24-26-28-30-32-34-36-40-44(3,47-43(46)39-38-42-45(4)5)41-37-35-33-31-29-27-25-23-21-19-17-15-13-11-9-7-2/h6-42H2,1-5H3. The van der Waals surface area contributed by atoms with Crippen LogP contribution in [0.15, 0.2) is 0 Å². The van der Waals surface area contributed by atoms with Gasteiger partial charge in [0.25, 0.3) is 0 Å². The summed E-state index contributed by atoms with van der Waals surface area (Å²) < 4.78 is 6.21. The first-order chi connectivity index (χ1) is 22.9. The van der Waals surface area contributed by atoms with E-state index in [4.69, 9.17) is 4.74 Å². The minimum Gasteiger partial charge on any atom is -0.459 e. The van der Waals surface area contributed by atoms with Crippen LogP contribution in [0, 0.1) is 0 Å². The van der Waals surface area contributed by atoms with Gasteiger partial charge in [0, 0.05) is 6.42 Å². The van der Waals surface area contributed by atoms with E-state index in [2.05, 4.69) is 39.8 Å². The van der Waals surface area contributed by atoms with Gasteiger partial charge in [0.05, 0.1) is 0 Å². The Bertz CT molecular complexity index is 582. The van der Waals surface area contributed by atoms with E-state index >= 15 is 0 Å². The van der Waals surface area contributed by atoms with Crippen molar-refractivity contribution >= 4 is 5.97 Å². The van der Waals surface area contributed by atoms with Crippen LogP contribution in [0.5, 0.6) is 0 Å². The van der Waals surface area contributed by atoms with Crippen LogP contribution in [0.1, 0.15) is 252 Å². The van der Waals surface area contributed by atoms with Gasteiger partial charge in [0.15, 0.2) is 0 Å². The van der Waals surface area contributed by atoms with Crippen molar-refractivity contribution in [3.8, 4) is 0 Å². The summed E-state index contributed by atoms with van der Waals surface area (Å²) in [5, 5.41) is 0. The minimum atomic E-state index is -0.277. The van der Waals surface area contributed by atoms with Gasteiger partial charge in [-0.3, -0.25) is 4.79 Å². The Morgan fingerprint density at radius 1 is 0.426 bits per heavy atom. The highest BCUT2D eigenvalue weighted by Crippen LogP contribution is 2.28. The molecule has 0 aliphatic rings. The molecule has 0 fully saturated rings. The lowest BCUT2D eigenvalue weighted by Crippen LogP contribution is -2.32. The van der Waals surface area contributed by atoms with Gasteiger partial charge >= 0.3 is 5.97 Å². The Labute approximate surface area is 297 Å². The zero-order chi connectivity index (χ0) is 34.5. The molecule has 0 aromatic carbocycles. The Balaban J connectivity index is 4.00. The molecule has 0 saturated carbocycles. The Hall–Kier alpha value is -0.570. The molecule has 0 aromatic heterocycles. The fourth-order valence-electron chi connectivity index (χ4n) is 7.19. The molecule has 282 valence electrons. The van der Waals surface area contributed by atoms with E-state index in [1.807, 2.05) is 0 Å². The van der Waals surface area contributed by atoms with Gasteiger partial charge in [-0.05, 0) is 59.7 Å². The molecule has 0 N–H and O–H groups in total. The summed E-state index contributed by atoms with van der Waals surface area (Å²) in [4.78, 5) is 14.9. The molecule has 0 radical (unpaired) electrons. The van der Waals surface area contributed by atoms with Crippen LogP contribution in [0.4, 0.5) is 0 Å². The third kappa shape index (κ3) is 36.5. The van der Waals surface area contributed by atoms with E-state index in [1.165, 1.54) is 205 Å². The minimum absolute atomic E-state index is 0.0161. The zero-order valence-electron chi connectivity index (χ0n) is 33.4. The molecule has 0 amide bonds. The summed E-state index contributed by atoms with van der Waals surface area (Å²) in [6.07, 6.45) is 48.1. The largest absolute Gasteiger partial charge is 0.459 e. The lowest BCUT2D eigenvalue weighted by atomic mass is 9.91. The van der Waals surface area contributed by atoms with Crippen molar-refractivity contribution < 1.29 is 9.53 Å². The van der Waals surface area contributed by atoms with Crippen molar-refractivity contribution in [3.05, 3.63) is 0 Å². The van der Waals surface area contributed by atoms with Gasteiger partial charge < -0.3 is 9.64 Å². The fourth-order valence-corrected chi connectivity index (χ4v) is 7.19. The highest BCUT2D eigenvalue weighted by atomic mass is 16.6. The van der Waals surface area contributed by atoms with E-state index in [0.29, 0.717) is 6.42 Å². The molecule has 0 aromatic rings. The van der Waals surface area contributed by atoms with Crippen molar-refractivity contribution in [2.24, 2.45) is 0 Å². The van der Waals surface area contributed by atoms with Gasteiger partial charge in [0.2, 0.25) is 0 Å². The molecule has 47 heavy (non-hydrogen) atoms. The summed E-state index contributed by atoms with van der Waals surface area (Å²) in [7, 11) is 4.15. The molecule has 0 atom stereocenters. The summed E-state index contributed by atoms with van der Waals surface area (Å²) in [5.41, 5.74) is -0.277. The number of ether oxygens (including phenoxy) is 1. The second-order valence-electron chi connectivity index (χ2n) is 15.9. The Morgan fingerprint density at radius 3 is 0.936 bits per heavy atom. The SMILES string of the molecule is CCCCCCCCCCCCCCCCCCC(C)(CCCCCCCCCCCCCCCCCC)OC(=O)CCCN(C)C. The van der Waals surface area contributed by atoms with Crippen LogP contribution in [0.25, 0.3) is 0 Å². The van der Waals surface area contributed by atoms with E-state index in [1.54, 1.807) is 0 Å². The fraction of sp³-hybridized carbons (Fsp3) is 0.977. The van der Waals surface area contributed by atoms with Crippen LogP contribution < -0.4 is 0 Å². The lowest BCUT2D eigenvalue weighted by Gasteiger charge is -2.30. The third-order valence-corrected chi connectivity index (χ3v) is 10.5. The van der Waals surface area contributed by atoms with Crippen molar-refractivity contribution in [1.82, 2.24) is 4.90 Å². The van der Waals surface area contributed by atoms with Gasteiger partial charge in [-0.1, -0.05) is 206 Å². The number of nitrogens with zero attached hydrogens (tertiary/aromatic N) is 1.